The molecule has 1 aliphatic heterocycles. The molecule has 0 saturated heterocycles. The van der Waals surface area contributed by atoms with Gasteiger partial charge >= 0.3 is 0 Å². The lowest BCUT2D eigenvalue weighted by Gasteiger charge is -2.28. The summed E-state index contributed by atoms with van der Waals surface area (Å²) in [6, 6.07) is 6.72. The predicted octanol–water partition coefficient (Wildman–Crippen LogP) is 0.741. The molecular formula is C16H22Cl2N6O2. The lowest BCUT2D eigenvalue weighted by molar-refractivity contribution is -0.133. The van der Waals surface area contributed by atoms with Crippen LogP contribution >= 0.6 is 24.8 Å². The zero-order chi connectivity index (χ0) is 17.1. The normalized spacial score (nSPS) is 13.7. The molecule has 1 atom stereocenters. The van der Waals surface area contributed by atoms with Gasteiger partial charge in [0.2, 0.25) is 5.91 Å². The van der Waals surface area contributed by atoms with E-state index in [1.54, 1.807) is 28.8 Å². The average Bonchev–Trinajstić information content (AvgIpc) is 3.03. The number of fused-ring (bicyclic) bond motifs is 1. The SMILES string of the molecule is CC(N)C(=O)N1CCn2nc(C(=O)NCc3ccccn3)cc2C1.Cl.Cl. The van der Waals surface area contributed by atoms with E-state index >= 15 is 0 Å². The van der Waals surface area contributed by atoms with Crippen LogP contribution < -0.4 is 11.1 Å². The Morgan fingerprint density at radius 1 is 1.31 bits per heavy atom. The summed E-state index contributed by atoms with van der Waals surface area (Å²) in [6.07, 6.45) is 1.68. The minimum atomic E-state index is -0.527. The highest BCUT2D eigenvalue weighted by Gasteiger charge is 2.25. The van der Waals surface area contributed by atoms with E-state index < -0.39 is 6.04 Å². The summed E-state index contributed by atoms with van der Waals surface area (Å²) in [5, 5.41) is 7.12. The second-order valence-corrected chi connectivity index (χ2v) is 5.80. The number of aromatic nitrogens is 3. The lowest BCUT2D eigenvalue weighted by atomic mass is 10.2. The number of carbonyl (C=O) groups is 2. The van der Waals surface area contributed by atoms with Gasteiger partial charge in [0.15, 0.2) is 5.69 Å². The van der Waals surface area contributed by atoms with Gasteiger partial charge in [-0.05, 0) is 25.1 Å². The van der Waals surface area contributed by atoms with Crippen molar-refractivity contribution < 1.29 is 9.59 Å². The van der Waals surface area contributed by atoms with Crippen LogP contribution in [-0.4, -0.2) is 44.1 Å². The van der Waals surface area contributed by atoms with E-state index in [1.807, 2.05) is 18.2 Å². The third-order valence-corrected chi connectivity index (χ3v) is 3.89. The van der Waals surface area contributed by atoms with Crippen molar-refractivity contribution in [3.8, 4) is 0 Å². The number of nitrogens with one attached hydrogen (secondary N) is 1. The summed E-state index contributed by atoms with van der Waals surface area (Å²) in [6.45, 7) is 3.54. The van der Waals surface area contributed by atoms with E-state index in [9.17, 15) is 9.59 Å². The summed E-state index contributed by atoms with van der Waals surface area (Å²) in [5.41, 5.74) is 7.61. The fourth-order valence-electron chi connectivity index (χ4n) is 2.62. The third-order valence-electron chi connectivity index (χ3n) is 3.89. The number of amides is 2. The predicted molar refractivity (Wildman–Crippen MR) is 101 cm³/mol. The van der Waals surface area contributed by atoms with Gasteiger partial charge in [-0.25, -0.2) is 0 Å². The highest BCUT2D eigenvalue weighted by Crippen LogP contribution is 2.14. The molecule has 10 heteroatoms. The van der Waals surface area contributed by atoms with Gasteiger partial charge in [0.05, 0.1) is 37.1 Å². The highest BCUT2D eigenvalue weighted by molar-refractivity contribution is 5.92. The quantitative estimate of drug-likeness (QED) is 0.786. The summed E-state index contributed by atoms with van der Waals surface area (Å²) in [4.78, 5) is 30.1. The topological polar surface area (TPSA) is 106 Å². The van der Waals surface area contributed by atoms with E-state index in [1.165, 1.54) is 0 Å². The smallest absolute Gasteiger partial charge is 0.272 e. The molecule has 2 amide bonds. The van der Waals surface area contributed by atoms with Crippen molar-refractivity contribution in [2.75, 3.05) is 6.54 Å². The maximum Gasteiger partial charge on any atom is 0.272 e. The van der Waals surface area contributed by atoms with Crippen LogP contribution in [0.1, 0.15) is 28.8 Å². The van der Waals surface area contributed by atoms with Crippen molar-refractivity contribution in [3.63, 3.8) is 0 Å². The van der Waals surface area contributed by atoms with Gasteiger partial charge in [-0.3, -0.25) is 19.3 Å². The van der Waals surface area contributed by atoms with Gasteiger partial charge in [-0.15, -0.1) is 24.8 Å². The molecule has 3 N–H and O–H groups in total. The minimum Gasteiger partial charge on any atom is -0.345 e. The van der Waals surface area contributed by atoms with Crippen LogP contribution in [0.15, 0.2) is 30.5 Å². The van der Waals surface area contributed by atoms with Crippen molar-refractivity contribution in [2.45, 2.75) is 32.6 Å². The first-order chi connectivity index (χ1) is 11.5. The summed E-state index contributed by atoms with van der Waals surface area (Å²) in [7, 11) is 0. The Bertz CT molecular complexity index is 750. The highest BCUT2D eigenvalue weighted by atomic mass is 35.5. The van der Waals surface area contributed by atoms with Crippen LogP contribution in [-0.2, 0) is 24.4 Å². The molecule has 0 bridgehead atoms. The second kappa shape index (κ2) is 9.51. The molecule has 0 fully saturated rings. The van der Waals surface area contributed by atoms with Crippen LogP contribution in [0.4, 0.5) is 0 Å². The maximum atomic E-state index is 12.2. The molecular weight excluding hydrogens is 379 g/mol. The van der Waals surface area contributed by atoms with Crippen LogP contribution in [0.2, 0.25) is 0 Å². The fraction of sp³-hybridized carbons (Fsp3) is 0.375. The number of carbonyl (C=O) groups excluding carboxylic acids is 2. The Labute approximate surface area is 164 Å². The summed E-state index contributed by atoms with van der Waals surface area (Å²) in [5.74, 6) is -0.351. The Balaban J connectivity index is 0.00000169. The van der Waals surface area contributed by atoms with Gasteiger partial charge in [-0.1, -0.05) is 6.07 Å². The number of nitrogens with zero attached hydrogens (tertiary/aromatic N) is 4. The maximum absolute atomic E-state index is 12.2. The van der Waals surface area contributed by atoms with E-state index in [-0.39, 0.29) is 36.6 Å². The molecule has 0 radical (unpaired) electrons. The largest absolute Gasteiger partial charge is 0.345 e. The van der Waals surface area contributed by atoms with Crippen LogP contribution in [0, 0.1) is 0 Å². The Morgan fingerprint density at radius 2 is 2.08 bits per heavy atom. The molecule has 0 spiro atoms. The van der Waals surface area contributed by atoms with Gasteiger partial charge in [0.25, 0.3) is 5.91 Å². The standard InChI is InChI=1S/C16H20N6O2.2ClH/c1-11(17)16(24)21-6-7-22-13(10-21)8-14(20-22)15(23)19-9-12-4-2-3-5-18-12;;/h2-5,8,11H,6-7,9-10,17H2,1H3,(H,19,23);2*1H. The fourth-order valence-corrected chi connectivity index (χ4v) is 2.62. The molecule has 2 aromatic heterocycles. The van der Waals surface area contributed by atoms with Crippen molar-refractivity contribution in [1.82, 2.24) is 25.0 Å². The zero-order valence-corrected chi connectivity index (χ0v) is 15.9. The monoisotopic (exact) mass is 400 g/mol. The van der Waals surface area contributed by atoms with E-state index in [0.717, 1.165) is 11.4 Å². The number of pyridine rings is 1. The van der Waals surface area contributed by atoms with Crippen molar-refractivity contribution in [2.24, 2.45) is 5.73 Å². The summed E-state index contributed by atoms with van der Waals surface area (Å²) >= 11 is 0. The van der Waals surface area contributed by atoms with E-state index in [0.29, 0.717) is 31.9 Å². The van der Waals surface area contributed by atoms with Gasteiger partial charge in [0, 0.05) is 12.7 Å². The van der Waals surface area contributed by atoms with Crippen LogP contribution in [0.25, 0.3) is 0 Å². The Morgan fingerprint density at radius 3 is 2.73 bits per heavy atom. The Hall–Kier alpha value is -2.16. The molecule has 1 unspecified atom stereocenters. The molecule has 8 nitrogen and oxygen atoms in total. The van der Waals surface area contributed by atoms with Gasteiger partial charge < -0.3 is 16.0 Å². The van der Waals surface area contributed by atoms with Gasteiger partial charge in [-0.2, -0.15) is 5.10 Å². The first kappa shape index (κ1) is 21.9. The van der Waals surface area contributed by atoms with Crippen molar-refractivity contribution in [1.29, 1.82) is 0 Å². The van der Waals surface area contributed by atoms with Crippen LogP contribution in [0.5, 0.6) is 0 Å². The number of halogens is 2. The molecule has 0 saturated carbocycles. The minimum absolute atomic E-state index is 0. The van der Waals surface area contributed by atoms with Crippen molar-refractivity contribution >= 4 is 36.6 Å². The molecule has 142 valence electrons. The van der Waals surface area contributed by atoms with Crippen LogP contribution in [0.3, 0.4) is 0 Å². The molecule has 3 heterocycles. The third kappa shape index (κ3) is 4.94. The number of rotatable bonds is 4. The molecule has 0 aromatic carbocycles. The van der Waals surface area contributed by atoms with E-state index in [2.05, 4.69) is 15.4 Å². The average molecular weight is 401 g/mol. The Kier molecular flexibility index (Phi) is 8.01. The first-order valence-electron chi connectivity index (χ1n) is 7.84. The molecule has 26 heavy (non-hydrogen) atoms. The number of hydrogen-bond acceptors (Lipinski definition) is 5. The second-order valence-electron chi connectivity index (χ2n) is 5.80. The molecule has 3 rings (SSSR count). The molecule has 0 aliphatic carbocycles. The number of hydrogen-bond donors (Lipinski definition) is 2. The molecule has 1 aliphatic rings. The van der Waals surface area contributed by atoms with E-state index in [4.69, 9.17) is 5.73 Å². The number of nitrogens with two attached hydrogens (primary N) is 1. The zero-order valence-electron chi connectivity index (χ0n) is 14.3. The van der Waals surface area contributed by atoms with Gasteiger partial charge in [0.1, 0.15) is 0 Å². The molecule has 2 aromatic rings. The summed E-state index contributed by atoms with van der Waals surface area (Å²) < 4.78 is 1.76. The van der Waals surface area contributed by atoms with Crippen molar-refractivity contribution in [3.05, 3.63) is 47.5 Å². The first-order valence-corrected chi connectivity index (χ1v) is 7.84. The lowest BCUT2D eigenvalue weighted by Crippen LogP contribution is -2.45.